The average Bonchev–Trinajstić information content (AvgIpc) is 2.73. The van der Waals surface area contributed by atoms with Crippen LogP contribution in [0, 0.1) is 16.6 Å². The van der Waals surface area contributed by atoms with Gasteiger partial charge < -0.3 is 9.55 Å². The van der Waals surface area contributed by atoms with Gasteiger partial charge in [0.1, 0.15) is 0 Å². The van der Waals surface area contributed by atoms with Crippen molar-refractivity contribution in [1.29, 1.82) is 0 Å². The van der Waals surface area contributed by atoms with Crippen LogP contribution in [-0.2, 0) is 0 Å². The van der Waals surface area contributed by atoms with Crippen LogP contribution in [-0.4, -0.2) is 9.55 Å². The molecular weight excluding hydrogens is 180 g/mol. The van der Waals surface area contributed by atoms with Gasteiger partial charge in [0.15, 0.2) is 4.77 Å². The Morgan fingerprint density at radius 1 is 1.31 bits per heavy atom. The molecule has 0 radical (unpaired) electrons. The molecule has 0 aromatic carbocycles. The fraction of sp³-hybridized carbons (Fsp3) is 0.700. The molecule has 1 aromatic rings. The first-order valence-electron chi connectivity index (χ1n) is 5.13. The van der Waals surface area contributed by atoms with Gasteiger partial charge in [-0.25, -0.2) is 0 Å². The van der Waals surface area contributed by atoms with E-state index in [2.05, 4.69) is 15.7 Å². The average molecular weight is 194 g/mol. The van der Waals surface area contributed by atoms with Crippen LogP contribution < -0.4 is 0 Å². The van der Waals surface area contributed by atoms with E-state index in [1.54, 1.807) is 0 Å². The molecule has 13 heavy (non-hydrogen) atoms. The Morgan fingerprint density at radius 2 is 2.00 bits per heavy atom. The number of aromatic amines is 1. The molecule has 2 unspecified atom stereocenters. The minimum Gasteiger partial charge on any atom is -0.337 e. The molecule has 2 aliphatic carbocycles. The number of fused-ring (bicyclic) bond motifs is 1. The van der Waals surface area contributed by atoms with Crippen molar-refractivity contribution in [3.05, 3.63) is 17.2 Å². The summed E-state index contributed by atoms with van der Waals surface area (Å²) in [6, 6.07) is 0.737. The molecule has 70 valence electrons. The van der Waals surface area contributed by atoms with Gasteiger partial charge in [-0.3, -0.25) is 0 Å². The second kappa shape index (κ2) is 2.71. The quantitative estimate of drug-likeness (QED) is 0.682. The molecule has 2 fully saturated rings. The van der Waals surface area contributed by atoms with E-state index >= 15 is 0 Å². The predicted octanol–water partition coefficient (Wildman–Crippen LogP) is 2.91. The number of nitrogens with one attached hydrogen (secondary N) is 1. The van der Waals surface area contributed by atoms with Crippen LogP contribution in [0.1, 0.15) is 31.7 Å². The van der Waals surface area contributed by atoms with Crippen molar-refractivity contribution < 1.29 is 0 Å². The van der Waals surface area contributed by atoms with E-state index in [1.165, 1.54) is 25.7 Å². The minimum atomic E-state index is 0.737. The van der Waals surface area contributed by atoms with E-state index in [0.29, 0.717) is 0 Å². The number of nitrogens with zero attached hydrogens (tertiary/aromatic N) is 1. The van der Waals surface area contributed by atoms with Gasteiger partial charge in [0.05, 0.1) is 0 Å². The molecule has 2 atom stereocenters. The summed E-state index contributed by atoms with van der Waals surface area (Å²) in [6.45, 7) is 0. The molecule has 1 N–H and O–H groups in total. The summed E-state index contributed by atoms with van der Waals surface area (Å²) >= 11 is 5.23. The smallest absolute Gasteiger partial charge is 0.177 e. The molecule has 3 heteroatoms. The van der Waals surface area contributed by atoms with Gasteiger partial charge in [0.2, 0.25) is 0 Å². The van der Waals surface area contributed by atoms with Crippen LogP contribution in [0.2, 0.25) is 0 Å². The molecule has 2 nitrogen and oxygen atoms in total. The molecular formula is C10H14N2S. The van der Waals surface area contributed by atoms with Crippen LogP contribution in [0.25, 0.3) is 0 Å². The number of hydrogen-bond donors (Lipinski definition) is 1. The third-order valence-electron chi connectivity index (χ3n) is 3.61. The van der Waals surface area contributed by atoms with Crippen molar-refractivity contribution in [1.82, 2.24) is 9.55 Å². The first kappa shape index (κ1) is 7.80. The van der Waals surface area contributed by atoms with E-state index < -0.39 is 0 Å². The van der Waals surface area contributed by atoms with Gasteiger partial charge in [0.25, 0.3) is 0 Å². The lowest BCUT2D eigenvalue weighted by Crippen LogP contribution is -1.94. The summed E-state index contributed by atoms with van der Waals surface area (Å²) in [5.74, 6) is 1.88. The highest BCUT2D eigenvalue weighted by Gasteiger charge is 2.51. The summed E-state index contributed by atoms with van der Waals surface area (Å²) in [5, 5.41) is 0. The highest BCUT2D eigenvalue weighted by atomic mass is 32.1. The zero-order valence-corrected chi connectivity index (χ0v) is 8.39. The van der Waals surface area contributed by atoms with Crippen LogP contribution in [0.4, 0.5) is 0 Å². The lowest BCUT2D eigenvalue weighted by molar-refractivity contribution is 0.480. The summed E-state index contributed by atoms with van der Waals surface area (Å²) < 4.78 is 3.16. The molecule has 0 amide bonds. The zero-order chi connectivity index (χ0) is 8.84. The molecule has 0 aliphatic heterocycles. The third-order valence-corrected chi connectivity index (χ3v) is 3.94. The molecule has 0 bridgehead atoms. The largest absolute Gasteiger partial charge is 0.337 e. The first-order chi connectivity index (χ1) is 6.38. The van der Waals surface area contributed by atoms with Crippen molar-refractivity contribution in [3.63, 3.8) is 0 Å². The van der Waals surface area contributed by atoms with Crippen molar-refractivity contribution in [2.24, 2.45) is 11.8 Å². The highest BCUT2D eigenvalue weighted by molar-refractivity contribution is 7.71. The van der Waals surface area contributed by atoms with Crippen LogP contribution in [0.5, 0.6) is 0 Å². The Kier molecular flexibility index (Phi) is 1.62. The van der Waals surface area contributed by atoms with Crippen molar-refractivity contribution in [2.75, 3.05) is 0 Å². The minimum absolute atomic E-state index is 0.737. The van der Waals surface area contributed by atoms with Crippen LogP contribution in [0.15, 0.2) is 12.4 Å². The Bertz CT molecular complexity index is 353. The van der Waals surface area contributed by atoms with E-state index in [4.69, 9.17) is 12.2 Å². The van der Waals surface area contributed by atoms with Gasteiger partial charge in [-0.15, -0.1) is 0 Å². The number of hydrogen-bond acceptors (Lipinski definition) is 1. The van der Waals surface area contributed by atoms with Gasteiger partial charge in [-0.05, 0) is 36.9 Å². The summed E-state index contributed by atoms with van der Waals surface area (Å²) in [6.07, 6.45) is 9.74. The fourth-order valence-corrected chi connectivity index (χ4v) is 3.18. The number of rotatable bonds is 1. The van der Waals surface area contributed by atoms with Gasteiger partial charge >= 0.3 is 0 Å². The molecule has 0 saturated heterocycles. The Labute approximate surface area is 83.0 Å². The second-order valence-electron chi connectivity index (χ2n) is 4.28. The molecule has 1 heterocycles. The topological polar surface area (TPSA) is 20.7 Å². The van der Waals surface area contributed by atoms with E-state index in [1.807, 2.05) is 6.20 Å². The fourth-order valence-electron chi connectivity index (χ4n) is 2.93. The van der Waals surface area contributed by atoms with E-state index in [0.717, 1.165) is 22.6 Å². The summed E-state index contributed by atoms with van der Waals surface area (Å²) in [4.78, 5) is 3.08. The Balaban J connectivity index is 1.89. The maximum absolute atomic E-state index is 5.23. The molecule has 0 spiro atoms. The van der Waals surface area contributed by atoms with Gasteiger partial charge in [-0.2, -0.15) is 0 Å². The lowest BCUT2D eigenvalue weighted by Gasteiger charge is -2.04. The maximum Gasteiger partial charge on any atom is 0.177 e. The third kappa shape index (κ3) is 1.10. The zero-order valence-electron chi connectivity index (χ0n) is 7.57. The molecule has 2 saturated carbocycles. The predicted molar refractivity (Wildman–Crippen MR) is 54.1 cm³/mol. The first-order valence-corrected chi connectivity index (χ1v) is 5.54. The summed E-state index contributed by atoms with van der Waals surface area (Å²) in [7, 11) is 0. The van der Waals surface area contributed by atoms with Crippen molar-refractivity contribution >= 4 is 12.2 Å². The Hall–Kier alpha value is -0.570. The van der Waals surface area contributed by atoms with Crippen molar-refractivity contribution in [2.45, 2.75) is 31.7 Å². The van der Waals surface area contributed by atoms with Crippen molar-refractivity contribution in [3.8, 4) is 0 Å². The number of H-pyrrole nitrogens is 1. The normalized spacial score (nSPS) is 37.1. The maximum atomic E-state index is 5.23. The van der Waals surface area contributed by atoms with Crippen LogP contribution >= 0.6 is 12.2 Å². The van der Waals surface area contributed by atoms with E-state index in [9.17, 15) is 0 Å². The molecule has 1 aromatic heterocycles. The van der Waals surface area contributed by atoms with E-state index in [-0.39, 0.29) is 0 Å². The second-order valence-corrected chi connectivity index (χ2v) is 4.66. The number of imidazole rings is 1. The van der Waals surface area contributed by atoms with Crippen LogP contribution in [0.3, 0.4) is 0 Å². The van der Waals surface area contributed by atoms with Gasteiger partial charge in [-0.1, -0.05) is 12.8 Å². The highest BCUT2D eigenvalue weighted by Crippen LogP contribution is 2.58. The molecule has 3 rings (SSSR count). The van der Waals surface area contributed by atoms with Gasteiger partial charge in [0, 0.05) is 18.4 Å². The number of aromatic nitrogens is 2. The summed E-state index contributed by atoms with van der Waals surface area (Å²) in [5.41, 5.74) is 0. The standard InChI is InChI=1S/C10H14N2S/c13-10-11-5-6-12(10)9-7-3-1-2-4-8(7)9/h5-9H,1-4H2,(H,11,13). The Morgan fingerprint density at radius 3 is 2.54 bits per heavy atom. The molecule has 2 aliphatic rings. The SMILES string of the molecule is S=c1[nH]ccn1C1C2CCCCC21. The lowest BCUT2D eigenvalue weighted by atomic mass is 10.0. The monoisotopic (exact) mass is 194 g/mol.